The lowest BCUT2D eigenvalue weighted by Crippen LogP contribution is -2.51. The van der Waals surface area contributed by atoms with Crippen LogP contribution in [0.2, 0.25) is 0 Å². The third-order valence-electron chi connectivity index (χ3n) is 2.81. The summed E-state index contributed by atoms with van der Waals surface area (Å²) in [6.45, 7) is 7.53. The van der Waals surface area contributed by atoms with Crippen molar-refractivity contribution in [1.29, 1.82) is 0 Å². The maximum absolute atomic E-state index is 11.9. The number of rotatable bonds is 2. The predicted octanol–water partition coefficient (Wildman–Crippen LogP) is 1.30. The molecule has 1 heterocycles. The van der Waals surface area contributed by atoms with E-state index in [0.717, 1.165) is 12.8 Å². The second kappa shape index (κ2) is 5.04. The normalized spacial score (nSPS) is 22.4. The number of amides is 1. The molecule has 1 saturated heterocycles. The van der Waals surface area contributed by atoms with Gasteiger partial charge < -0.3 is 15.4 Å². The Morgan fingerprint density at radius 3 is 2.47 bits per heavy atom. The van der Waals surface area contributed by atoms with Crippen LogP contribution in [0.4, 0.5) is 4.79 Å². The zero-order chi connectivity index (χ0) is 13.2. The number of Topliss-reactive ketones (excluding diaryl/α,β-unsaturated/α-hetero) is 1. The average molecular weight is 242 g/mol. The van der Waals surface area contributed by atoms with Crippen LogP contribution in [0.5, 0.6) is 0 Å². The third-order valence-corrected chi connectivity index (χ3v) is 2.81. The Labute approximate surface area is 102 Å². The van der Waals surface area contributed by atoms with Gasteiger partial charge in [-0.25, -0.2) is 4.79 Å². The maximum atomic E-state index is 11.9. The number of likely N-dealkylation sites (tertiary alicyclic amines) is 1. The van der Waals surface area contributed by atoms with Gasteiger partial charge in [0.2, 0.25) is 0 Å². The molecule has 2 atom stereocenters. The zero-order valence-electron chi connectivity index (χ0n) is 11.0. The second-order valence-corrected chi connectivity index (χ2v) is 5.52. The Kier molecular flexibility index (Phi) is 4.14. The van der Waals surface area contributed by atoms with Gasteiger partial charge >= 0.3 is 6.09 Å². The molecule has 1 aliphatic rings. The number of ether oxygens (including phenoxy) is 1. The fraction of sp³-hybridized carbons (Fsp3) is 0.833. The number of carbonyl (C=O) groups excluding carboxylic acids is 2. The number of nitrogens with zero attached hydrogens (tertiary/aromatic N) is 1. The maximum Gasteiger partial charge on any atom is 0.410 e. The molecule has 0 spiro atoms. The number of carbonyl (C=O) groups is 2. The molecule has 98 valence electrons. The van der Waals surface area contributed by atoms with E-state index in [9.17, 15) is 9.59 Å². The van der Waals surface area contributed by atoms with Crippen molar-refractivity contribution in [1.82, 2.24) is 4.90 Å². The average Bonchev–Trinajstić information content (AvgIpc) is 2.61. The Balaban J connectivity index is 2.69. The lowest BCUT2D eigenvalue weighted by molar-refractivity contribution is -0.119. The van der Waals surface area contributed by atoms with E-state index in [1.165, 1.54) is 6.92 Å². The van der Waals surface area contributed by atoms with Crippen LogP contribution >= 0.6 is 0 Å². The van der Waals surface area contributed by atoms with E-state index >= 15 is 0 Å². The van der Waals surface area contributed by atoms with Crippen molar-refractivity contribution in [2.24, 2.45) is 5.73 Å². The molecule has 0 saturated carbocycles. The topological polar surface area (TPSA) is 72.6 Å². The molecular weight excluding hydrogens is 220 g/mol. The van der Waals surface area contributed by atoms with Gasteiger partial charge in [0.25, 0.3) is 0 Å². The first-order valence-electron chi connectivity index (χ1n) is 5.98. The first kappa shape index (κ1) is 14.0. The molecule has 5 heteroatoms. The molecule has 1 aliphatic heterocycles. The lowest BCUT2D eigenvalue weighted by Gasteiger charge is -2.30. The Hall–Kier alpha value is -1.10. The molecule has 1 fully saturated rings. The van der Waals surface area contributed by atoms with Gasteiger partial charge in [-0.05, 0) is 40.5 Å². The first-order chi connectivity index (χ1) is 7.72. The van der Waals surface area contributed by atoms with Crippen LogP contribution in [-0.2, 0) is 9.53 Å². The van der Waals surface area contributed by atoms with Crippen molar-refractivity contribution < 1.29 is 14.3 Å². The molecule has 0 radical (unpaired) electrons. The molecule has 1 amide bonds. The van der Waals surface area contributed by atoms with Gasteiger partial charge in [0, 0.05) is 6.54 Å². The summed E-state index contributed by atoms with van der Waals surface area (Å²) in [5, 5.41) is 0. The minimum Gasteiger partial charge on any atom is -0.444 e. The van der Waals surface area contributed by atoms with Crippen LogP contribution in [-0.4, -0.2) is 41.0 Å². The first-order valence-corrected chi connectivity index (χ1v) is 5.98. The van der Waals surface area contributed by atoms with Gasteiger partial charge in [0.15, 0.2) is 0 Å². The van der Waals surface area contributed by atoms with Gasteiger partial charge in [-0.3, -0.25) is 4.79 Å². The molecule has 0 aromatic rings. The summed E-state index contributed by atoms with van der Waals surface area (Å²) in [6, 6.07) is -0.827. The van der Waals surface area contributed by atoms with E-state index in [1.807, 2.05) is 20.8 Å². The minimum atomic E-state index is -0.606. The molecule has 2 N–H and O–H groups in total. The lowest BCUT2D eigenvalue weighted by atomic mass is 10.0. The molecular formula is C12H22N2O3. The zero-order valence-corrected chi connectivity index (χ0v) is 11.0. The molecule has 0 aromatic heterocycles. The molecule has 0 bridgehead atoms. The van der Waals surface area contributed by atoms with E-state index in [2.05, 4.69) is 0 Å². The Morgan fingerprint density at radius 2 is 2.00 bits per heavy atom. The number of ketones is 1. The van der Waals surface area contributed by atoms with Gasteiger partial charge in [-0.2, -0.15) is 0 Å². The van der Waals surface area contributed by atoms with E-state index in [-0.39, 0.29) is 17.9 Å². The van der Waals surface area contributed by atoms with Crippen LogP contribution in [0, 0.1) is 0 Å². The predicted molar refractivity (Wildman–Crippen MR) is 64.6 cm³/mol. The minimum absolute atomic E-state index is 0.0922. The summed E-state index contributed by atoms with van der Waals surface area (Å²) in [5.74, 6) is -0.0922. The highest BCUT2D eigenvalue weighted by molar-refractivity contribution is 5.83. The van der Waals surface area contributed by atoms with Crippen molar-refractivity contribution in [3.8, 4) is 0 Å². The van der Waals surface area contributed by atoms with E-state index in [1.54, 1.807) is 4.90 Å². The smallest absolute Gasteiger partial charge is 0.410 e. The van der Waals surface area contributed by atoms with Crippen molar-refractivity contribution >= 4 is 11.9 Å². The highest BCUT2D eigenvalue weighted by Gasteiger charge is 2.37. The SMILES string of the molecule is CC(=O)C(N)C1CCCN1C(=O)OC(C)(C)C. The monoisotopic (exact) mass is 242 g/mol. The highest BCUT2D eigenvalue weighted by atomic mass is 16.6. The molecule has 17 heavy (non-hydrogen) atoms. The largest absolute Gasteiger partial charge is 0.444 e. The standard InChI is InChI=1S/C12H22N2O3/c1-8(15)10(13)9-6-5-7-14(9)11(16)17-12(2,3)4/h9-10H,5-7,13H2,1-4H3. The van der Waals surface area contributed by atoms with E-state index < -0.39 is 11.6 Å². The second-order valence-electron chi connectivity index (χ2n) is 5.52. The fourth-order valence-electron chi connectivity index (χ4n) is 1.98. The molecule has 5 nitrogen and oxygen atoms in total. The fourth-order valence-corrected chi connectivity index (χ4v) is 1.98. The number of hydrogen-bond acceptors (Lipinski definition) is 4. The quantitative estimate of drug-likeness (QED) is 0.792. The number of nitrogens with two attached hydrogens (primary N) is 1. The summed E-state index contributed by atoms with van der Waals surface area (Å²) in [7, 11) is 0. The van der Waals surface area contributed by atoms with E-state index in [0.29, 0.717) is 6.54 Å². The highest BCUT2D eigenvalue weighted by Crippen LogP contribution is 2.22. The van der Waals surface area contributed by atoms with Crippen molar-refractivity contribution in [3.05, 3.63) is 0 Å². The summed E-state index contributed by atoms with van der Waals surface area (Å²) < 4.78 is 5.30. The molecule has 1 rings (SSSR count). The summed E-state index contributed by atoms with van der Waals surface area (Å²) in [4.78, 5) is 24.8. The van der Waals surface area contributed by atoms with Crippen LogP contribution in [0.3, 0.4) is 0 Å². The summed E-state index contributed by atoms with van der Waals surface area (Å²) in [6.07, 6.45) is 1.25. The molecule has 2 unspecified atom stereocenters. The van der Waals surface area contributed by atoms with Crippen molar-refractivity contribution in [3.63, 3.8) is 0 Å². The van der Waals surface area contributed by atoms with Gasteiger partial charge in [-0.15, -0.1) is 0 Å². The van der Waals surface area contributed by atoms with Gasteiger partial charge in [0.1, 0.15) is 11.4 Å². The third kappa shape index (κ3) is 3.70. The van der Waals surface area contributed by atoms with Crippen LogP contribution in [0.1, 0.15) is 40.5 Å². The van der Waals surface area contributed by atoms with Crippen LogP contribution in [0.25, 0.3) is 0 Å². The van der Waals surface area contributed by atoms with Gasteiger partial charge in [0.05, 0.1) is 12.1 Å². The van der Waals surface area contributed by atoms with E-state index in [4.69, 9.17) is 10.5 Å². The number of hydrogen-bond donors (Lipinski definition) is 1. The van der Waals surface area contributed by atoms with Crippen molar-refractivity contribution in [2.45, 2.75) is 58.2 Å². The van der Waals surface area contributed by atoms with Crippen molar-refractivity contribution in [2.75, 3.05) is 6.54 Å². The molecule has 0 aromatic carbocycles. The molecule has 0 aliphatic carbocycles. The Morgan fingerprint density at radius 1 is 1.41 bits per heavy atom. The summed E-state index contributed by atoms with van der Waals surface area (Å²) in [5.41, 5.74) is 5.29. The Bertz CT molecular complexity index is 309. The van der Waals surface area contributed by atoms with Crippen LogP contribution in [0.15, 0.2) is 0 Å². The van der Waals surface area contributed by atoms with Crippen LogP contribution < -0.4 is 5.73 Å². The van der Waals surface area contributed by atoms with Gasteiger partial charge in [-0.1, -0.05) is 0 Å². The summed E-state index contributed by atoms with van der Waals surface area (Å²) >= 11 is 0.